The molecule has 0 saturated carbocycles. The predicted molar refractivity (Wildman–Crippen MR) is 84.1 cm³/mol. The summed E-state index contributed by atoms with van der Waals surface area (Å²) in [6.45, 7) is 0.448. The summed E-state index contributed by atoms with van der Waals surface area (Å²) in [4.78, 5) is 0.188. The molecular formula is C14H14BrFN2O2S. The lowest BCUT2D eigenvalue weighted by atomic mass is 10.2. The molecule has 2 aromatic carbocycles. The van der Waals surface area contributed by atoms with Crippen molar-refractivity contribution in [2.24, 2.45) is 0 Å². The van der Waals surface area contributed by atoms with Crippen LogP contribution in [0.2, 0.25) is 0 Å². The van der Waals surface area contributed by atoms with Gasteiger partial charge in [0.05, 0.1) is 4.90 Å². The zero-order chi connectivity index (χ0) is 15.5. The maximum atomic E-state index is 13.0. The van der Waals surface area contributed by atoms with Crippen LogP contribution in [0.3, 0.4) is 0 Å². The van der Waals surface area contributed by atoms with E-state index >= 15 is 0 Å². The molecule has 0 amide bonds. The molecule has 0 aliphatic rings. The Kier molecular flexibility index (Phi) is 4.97. The molecule has 2 N–H and O–H groups in total. The van der Waals surface area contributed by atoms with Gasteiger partial charge < -0.3 is 5.32 Å². The average molecular weight is 373 g/mol. The summed E-state index contributed by atoms with van der Waals surface area (Å²) in [6.07, 6.45) is 0. The van der Waals surface area contributed by atoms with Crippen molar-refractivity contribution in [3.8, 4) is 0 Å². The Morgan fingerprint density at radius 2 is 1.95 bits per heavy atom. The van der Waals surface area contributed by atoms with Gasteiger partial charge in [0.25, 0.3) is 0 Å². The van der Waals surface area contributed by atoms with Gasteiger partial charge in [0.1, 0.15) is 5.82 Å². The first-order valence-electron chi connectivity index (χ1n) is 6.14. The molecule has 112 valence electrons. The minimum Gasteiger partial charge on any atom is -0.381 e. The van der Waals surface area contributed by atoms with Gasteiger partial charge in [-0.15, -0.1) is 0 Å². The van der Waals surface area contributed by atoms with Crippen LogP contribution in [0.25, 0.3) is 0 Å². The van der Waals surface area contributed by atoms with Crippen LogP contribution in [-0.4, -0.2) is 15.5 Å². The predicted octanol–water partition coefficient (Wildman–Crippen LogP) is 3.11. The molecule has 0 bridgehead atoms. The highest BCUT2D eigenvalue weighted by Gasteiger charge is 2.11. The Hall–Kier alpha value is -1.44. The molecule has 0 heterocycles. The Morgan fingerprint density at radius 1 is 1.19 bits per heavy atom. The van der Waals surface area contributed by atoms with Crippen molar-refractivity contribution >= 4 is 31.6 Å². The molecule has 0 atom stereocenters. The van der Waals surface area contributed by atoms with Crippen LogP contribution >= 0.6 is 15.9 Å². The van der Waals surface area contributed by atoms with Crippen molar-refractivity contribution in [3.05, 3.63) is 58.3 Å². The quantitative estimate of drug-likeness (QED) is 0.847. The summed E-state index contributed by atoms with van der Waals surface area (Å²) in [6, 6.07) is 10.9. The van der Waals surface area contributed by atoms with Crippen molar-refractivity contribution in [2.45, 2.75) is 11.4 Å². The van der Waals surface area contributed by atoms with Crippen LogP contribution in [0.4, 0.5) is 10.1 Å². The fraction of sp³-hybridized carbons (Fsp3) is 0.143. The summed E-state index contributed by atoms with van der Waals surface area (Å²) >= 11 is 3.29. The van der Waals surface area contributed by atoms with E-state index in [1.54, 1.807) is 24.3 Å². The van der Waals surface area contributed by atoms with Gasteiger partial charge in [-0.1, -0.05) is 28.1 Å². The van der Waals surface area contributed by atoms with Gasteiger partial charge in [0.15, 0.2) is 0 Å². The van der Waals surface area contributed by atoms with E-state index in [9.17, 15) is 12.8 Å². The Labute approximate surface area is 131 Å². The molecule has 0 spiro atoms. The van der Waals surface area contributed by atoms with Crippen molar-refractivity contribution in [1.82, 2.24) is 4.72 Å². The lowest BCUT2D eigenvalue weighted by Crippen LogP contribution is -2.18. The Balaban J connectivity index is 2.16. The SMILES string of the molecule is CNS(=O)(=O)c1cccc(NCc2ccc(F)cc2Br)c1. The number of hydrogen-bond donors (Lipinski definition) is 2. The van der Waals surface area contributed by atoms with Gasteiger partial charge in [-0.05, 0) is 42.9 Å². The van der Waals surface area contributed by atoms with Crippen LogP contribution < -0.4 is 10.0 Å². The van der Waals surface area contributed by atoms with E-state index in [-0.39, 0.29) is 10.7 Å². The lowest BCUT2D eigenvalue weighted by molar-refractivity contribution is 0.588. The summed E-state index contributed by atoms with van der Waals surface area (Å²) in [5, 5.41) is 3.11. The summed E-state index contributed by atoms with van der Waals surface area (Å²) in [7, 11) is -2.10. The van der Waals surface area contributed by atoms with E-state index in [2.05, 4.69) is 26.0 Å². The monoisotopic (exact) mass is 372 g/mol. The van der Waals surface area contributed by atoms with Crippen molar-refractivity contribution in [1.29, 1.82) is 0 Å². The molecule has 4 nitrogen and oxygen atoms in total. The fourth-order valence-corrected chi connectivity index (χ4v) is 3.02. The second-order valence-corrected chi connectivity index (χ2v) is 7.07. The summed E-state index contributed by atoms with van der Waals surface area (Å²) < 4.78 is 39.4. The molecule has 0 radical (unpaired) electrons. The highest BCUT2D eigenvalue weighted by Crippen LogP contribution is 2.20. The molecule has 0 aliphatic heterocycles. The maximum absolute atomic E-state index is 13.0. The molecule has 7 heteroatoms. The Bertz CT molecular complexity index is 750. The fourth-order valence-electron chi connectivity index (χ4n) is 1.75. The van der Waals surface area contributed by atoms with Crippen LogP contribution in [0, 0.1) is 5.82 Å². The molecule has 0 aliphatic carbocycles. The Morgan fingerprint density at radius 3 is 2.62 bits per heavy atom. The third-order valence-corrected chi connectivity index (χ3v) is 5.06. The highest BCUT2D eigenvalue weighted by molar-refractivity contribution is 9.10. The third-order valence-electron chi connectivity index (χ3n) is 2.91. The standard InChI is InChI=1S/C14H14BrFN2O2S/c1-17-21(19,20)13-4-2-3-12(8-13)18-9-10-5-6-11(16)7-14(10)15/h2-8,17-18H,9H2,1H3. The van der Waals surface area contributed by atoms with E-state index in [0.29, 0.717) is 16.7 Å². The van der Waals surface area contributed by atoms with Gasteiger partial charge in [-0.25, -0.2) is 17.5 Å². The lowest BCUT2D eigenvalue weighted by Gasteiger charge is -2.10. The molecule has 0 fully saturated rings. The smallest absolute Gasteiger partial charge is 0.240 e. The van der Waals surface area contributed by atoms with Gasteiger partial charge in [0, 0.05) is 16.7 Å². The largest absolute Gasteiger partial charge is 0.381 e. The molecule has 2 rings (SSSR count). The minimum atomic E-state index is -3.47. The first-order chi connectivity index (χ1) is 9.92. The topological polar surface area (TPSA) is 58.2 Å². The zero-order valence-corrected chi connectivity index (χ0v) is 13.6. The zero-order valence-electron chi connectivity index (χ0n) is 11.2. The summed E-state index contributed by atoms with van der Waals surface area (Å²) in [5.74, 6) is -0.312. The van der Waals surface area contributed by atoms with Crippen LogP contribution in [0.5, 0.6) is 0 Å². The van der Waals surface area contributed by atoms with Gasteiger partial charge in [0.2, 0.25) is 10.0 Å². The number of benzene rings is 2. The minimum absolute atomic E-state index is 0.188. The van der Waals surface area contributed by atoms with Crippen LogP contribution in [0.15, 0.2) is 51.8 Å². The highest BCUT2D eigenvalue weighted by atomic mass is 79.9. The van der Waals surface area contributed by atoms with Crippen LogP contribution in [0.1, 0.15) is 5.56 Å². The number of sulfonamides is 1. The van der Waals surface area contributed by atoms with Gasteiger partial charge in [-0.2, -0.15) is 0 Å². The number of halogens is 2. The second-order valence-electron chi connectivity index (χ2n) is 4.32. The molecule has 0 unspecified atom stereocenters. The molecule has 2 aromatic rings. The normalized spacial score (nSPS) is 11.4. The van der Waals surface area contributed by atoms with Crippen LogP contribution in [-0.2, 0) is 16.6 Å². The number of rotatable bonds is 5. The van der Waals surface area contributed by atoms with E-state index in [0.717, 1.165) is 5.56 Å². The average Bonchev–Trinajstić information content (AvgIpc) is 2.46. The van der Waals surface area contributed by atoms with E-state index in [1.807, 2.05) is 0 Å². The third kappa shape index (κ3) is 4.03. The van der Waals surface area contributed by atoms with E-state index < -0.39 is 10.0 Å². The van der Waals surface area contributed by atoms with E-state index in [1.165, 1.54) is 25.2 Å². The number of anilines is 1. The second kappa shape index (κ2) is 6.55. The molecule has 0 aromatic heterocycles. The van der Waals surface area contributed by atoms with Crippen molar-refractivity contribution in [2.75, 3.05) is 12.4 Å². The van der Waals surface area contributed by atoms with Gasteiger partial charge >= 0.3 is 0 Å². The maximum Gasteiger partial charge on any atom is 0.240 e. The number of nitrogens with one attached hydrogen (secondary N) is 2. The van der Waals surface area contributed by atoms with Crippen molar-refractivity contribution in [3.63, 3.8) is 0 Å². The van der Waals surface area contributed by atoms with Crippen molar-refractivity contribution < 1.29 is 12.8 Å². The first-order valence-corrected chi connectivity index (χ1v) is 8.41. The summed E-state index contributed by atoms with van der Waals surface area (Å²) in [5.41, 5.74) is 1.54. The molecular weight excluding hydrogens is 359 g/mol. The molecule has 0 saturated heterocycles. The molecule has 21 heavy (non-hydrogen) atoms. The first kappa shape index (κ1) is 15.9. The van der Waals surface area contributed by atoms with E-state index in [4.69, 9.17) is 0 Å². The number of hydrogen-bond acceptors (Lipinski definition) is 3. The van der Waals surface area contributed by atoms with Gasteiger partial charge in [-0.3, -0.25) is 0 Å².